The van der Waals surface area contributed by atoms with E-state index >= 15 is 0 Å². The van der Waals surface area contributed by atoms with Crippen LogP contribution in [0.1, 0.15) is 18.1 Å². The number of aliphatic hydroxyl groups is 1. The van der Waals surface area contributed by atoms with E-state index in [1.165, 1.54) is 18.2 Å². The van der Waals surface area contributed by atoms with E-state index in [0.29, 0.717) is 0 Å². The Kier molecular flexibility index (Phi) is 2.97. The summed E-state index contributed by atoms with van der Waals surface area (Å²) in [4.78, 5) is 10.2. The van der Waals surface area contributed by atoms with E-state index in [1.54, 1.807) is 0 Å². The fourth-order valence-electron chi connectivity index (χ4n) is 0.997. The third kappa shape index (κ3) is 2.83. The number of rotatable bonds is 3. The Morgan fingerprint density at radius 2 is 2.23 bits per heavy atom. The summed E-state index contributed by atoms with van der Waals surface area (Å²) < 4.78 is 12.6. The zero-order valence-corrected chi connectivity index (χ0v) is 6.77. The molecule has 0 amide bonds. The molecule has 0 saturated heterocycles. The number of carboxylic acids is 1. The van der Waals surface area contributed by atoms with Crippen molar-refractivity contribution in [3.63, 3.8) is 0 Å². The molecular weight excluding hydrogens is 175 g/mol. The lowest BCUT2D eigenvalue weighted by Crippen LogP contribution is -2.05. The maximum Gasteiger partial charge on any atom is 0.306 e. The molecule has 0 aliphatic heterocycles. The van der Waals surface area contributed by atoms with Crippen LogP contribution in [0.15, 0.2) is 24.3 Å². The molecule has 70 valence electrons. The van der Waals surface area contributed by atoms with Gasteiger partial charge in [0.05, 0.1) is 12.5 Å². The zero-order chi connectivity index (χ0) is 9.84. The van der Waals surface area contributed by atoms with Crippen molar-refractivity contribution >= 4 is 5.97 Å². The number of hydrogen-bond acceptors (Lipinski definition) is 2. The maximum absolute atomic E-state index is 12.6. The van der Waals surface area contributed by atoms with Gasteiger partial charge in [0, 0.05) is 0 Å². The van der Waals surface area contributed by atoms with Crippen LogP contribution in [0, 0.1) is 5.82 Å². The summed E-state index contributed by atoms with van der Waals surface area (Å²) in [6.45, 7) is 0. The zero-order valence-electron chi connectivity index (χ0n) is 6.77. The fourth-order valence-corrected chi connectivity index (χ4v) is 0.997. The van der Waals surface area contributed by atoms with Crippen LogP contribution < -0.4 is 0 Å². The van der Waals surface area contributed by atoms with E-state index in [1.807, 2.05) is 0 Å². The molecule has 1 rings (SSSR count). The molecule has 0 fully saturated rings. The van der Waals surface area contributed by atoms with E-state index < -0.39 is 24.3 Å². The van der Waals surface area contributed by atoms with Gasteiger partial charge in [-0.2, -0.15) is 0 Å². The fraction of sp³-hybridized carbons (Fsp3) is 0.222. The van der Waals surface area contributed by atoms with Gasteiger partial charge < -0.3 is 10.2 Å². The highest BCUT2D eigenvalue weighted by atomic mass is 19.1. The summed E-state index contributed by atoms with van der Waals surface area (Å²) in [7, 11) is 0. The highest BCUT2D eigenvalue weighted by Gasteiger charge is 2.11. The average Bonchev–Trinajstić information content (AvgIpc) is 2.03. The molecule has 0 aliphatic carbocycles. The molecule has 1 aromatic rings. The van der Waals surface area contributed by atoms with Crippen molar-refractivity contribution in [2.24, 2.45) is 0 Å². The maximum atomic E-state index is 12.6. The standard InChI is InChI=1S/C9H9FO3/c10-7-3-1-2-6(4-7)8(11)5-9(12)13/h1-4,8,11H,5H2,(H,12,13). The third-order valence-electron chi connectivity index (χ3n) is 1.60. The van der Waals surface area contributed by atoms with Gasteiger partial charge in [-0.15, -0.1) is 0 Å². The summed E-state index contributed by atoms with van der Waals surface area (Å²) in [5.74, 6) is -1.60. The topological polar surface area (TPSA) is 57.5 Å². The highest BCUT2D eigenvalue weighted by Crippen LogP contribution is 2.16. The molecule has 0 heterocycles. The number of carbonyl (C=O) groups is 1. The van der Waals surface area contributed by atoms with Crippen LogP contribution in [-0.2, 0) is 4.79 Å². The first-order valence-electron chi connectivity index (χ1n) is 3.75. The number of hydrogen-bond donors (Lipinski definition) is 2. The van der Waals surface area contributed by atoms with Crippen LogP contribution in [0.3, 0.4) is 0 Å². The number of benzene rings is 1. The first-order valence-corrected chi connectivity index (χ1v) is 3.75. The molecule has 4 heteroatoms. The number of aliphatic hydroxyl groups excluding tert-OH is 1. The smallest absolute Gasteiger partial charge is 0.306 e. The monoisotopic (exact) mass is 184 g/mol. The summed E-state index contributed by atoms with van der Waals surface area (Å²) in [5.41, 5.74) is 0.280. The number of carboxylic acid groups (broad SMARTS) is 1. The normalized spacial score (nSPS) is 12.5. The second-order valence-corrected chi connectivity index (χ2v) is 2.67. The van der Waals surface area contributed by atoms with Crippen molar-refractivity contribution in [2.45, 2.75) is 12.5 Å². The van der Waals surface area contributed by atoms with Gasteiger partial charge in [-0.1, -0.05) is 12.1 Å². The molecule has 13 heavy (non-hydrogen) atoms. The van der Waals surface area contributed by atoms with E-state index in [2.05, 4.69) is 0 Å². The predicted octanol–water partition coefficient (Wildman–Crippen LogP) is 1.33. The summed E-state index contributed by atoms with van der Waals surface area (Å²) >= 11 is 0. The lowest BCUT2D eigenvalue weighted by Gasteiger charge is -2.07. The van der Waals surface area contributed by atoms with Crippen LogP contribution >= 0.6 is 0 Å². The molecule has 1 aromatic carbocycles. The van der Waals surface area contributed by atoms with Crippen LogP contribution in [-0.4, -0.2) is 16.2 Å². The molecule has 0 bridgehead atoms. The largest absolute Gasteiger partial charge is 0.481 e. The first-order chi connectivity index (χ1) is 6.09. The molecule has 3 nitrogen and oxygen atoms in total. The van der Waals surface area contributed by atoms with Crippen molar-refractivity contribution in [3.8, 4) is 0 Å². The van der Waals surface area contributed by atoms with E-state index in [9.17, 15) is 14.3 Å². The minimum Gasteiger partial charge on any atom is -0.481 e. The Morgan fingerprint density at radius 1 is 1.54 bits per heavy atom. The van der Waals surface area contributed by atoms with Gasteiger partial charge >= 0.3 is 5.97 Å². The van der Waals surface area contributed by atoms with Crippen molar-refractivity contribution < 1.29 is 19.4 Å². The quantitative estimate of drug-likeness (QED) is 0.745. The van der Waals surface area contributed by atoms with Crippen molar-refractivity contribution in [1.29, 1.82) is 0 Å². The lowest BCUT2D eigenvalue weighted by molar-refractivity contribution is -0.139. The molecular formula is C9H9FO3. The molecule has 0 spiro atoms. The van der Waals surface area contributed by atoms with Crippen LogP contribution in [0.4, 0.5) is 4.39 Å². The van der Waals surface area contributed by atoms with Gasteiger partial charge in [0.25, 0.3) is 0 Å². The Balaban J connectivity index is 2.76. The predicted molar refractivity (Wildman–Crippen MR) is 43.6 cm³/mol. The second kappa shape index (κ2) is 4.00. The lowest BCUT2D eigenvalue weighted by atomic mass is 10.1. The van der Waals surface area contributed by atoms with Gasteiger partial charge in [0.2, 0.25) is 0 Å². The minimum atomic E-state index is -1.15. The van der Waals surface area contributed by atoms with Crippen molar-refractivity contribution in [1.82, 2.24) is 0 Å². The first kappa shape index (κ1) is 9.67. The van der Waals surface area contributed by atoms with Gasteiger partial charge in [-0.25, -0.2) is 4.39 Å². The SMILES string of the molecule is O=C(O)CC(O)c1cccc(F)c1. The third-order valence-corrected chi connectivity index (χ3v) is 1.60. The number of halogens is 1. The Hall–Kier alpha value is -1.42. The Labute approximate surface area is 74.4 Å². The van der Waals surface area contributed by atoms with Crippen LogP contribution in [0.2, 0.25) is 0 Å². The van der Waals surface area contributed by atoms with E-state index in [4.69, 9.17) is 5.11 Å². The molecule has 0 saturated carbocycles. The van der Waals surface area contributed by atoms with Crippen molar-refractivity contribution in [3.05, 3.63) is 35.6 Å². The number of aliphatic carboxylic acids is 1. The van der Waals surface area contributed by atoms with Gasteiger partial charge in [-0.3, -0.25) is 4.79 Å². The highest BCUT2D eigenvalue weighted by molar-refractivity contribution is 5.67. The molecule has 0 aromatic heterocycles. The van der Waals surface area contributed by atoms with E-state index in [0.717, 1.165) is 6.07 Å². The second-order valence-electron chi connectivity index (χ2n) is 2.67. The molecule has 0 radical (unpaired) electrons. The van der Waals surface area contributed by atoms with Crippen LogP contribution in [0.25, 0.3) is 0 Å². The minimum absolute atomic E-state index is 0.280. The van der Waals surface area contributed by atoms with Crippen molar-refractivity contribution in [2.75, 3.05) is 0 Å². The summed E-state index contributed by atoms with van der Waals surface area (Å²) in [5, 5.41) is 17.6. The van der Waals surface area contributed by atoms with Gasteiger partial charge in [0.1, 0.15) is 5.82 Å². The van der Waals surface area contributed by atoms with E-state index in [-0.39, 0.29) is 5.56 Å². The van der Waals surface area contributed by atoms with Gasteiger partial charge in [0.15, 0.2) is 0 Å². The Bertz CT molecular complexity index is 311. The summed E-state index contributed by atoms with van der Waals surface area (Å²) in [6, 6.07) is 5.26. The van der Waals surface area contributed by atoms with Crippen LogP contribution in [0.5, 0.6) is 0 Å². The molecule has 2 N–H and O–H groups in total. The molecule has 1 atom stereocenters. The molecule has 1 unspecified atom stereocenters. The molecule has 0 aliphatic rings. The Morgan fingerprint density at radius 3 is 2.77 bits per heavy atom. The van der Waals surface area contributed by atoms with Gasteiger partial charge in [-0.05, 0) is 17.7 Å². The average molecular weight is 184 g/mol. The summed E-state index contributed by atoms with van der Waals surface area (Å²) in [6.07, 6.45) is -1.56.